The van der Waals surface area contributed by atoms with E-state index in [1.54, 1.807) is 6.07 Å². The molecule has 0 aliphatic carbocycles. The van der Waals surface area contributed by atoms with E-state index < -0.39 is 11.7 Å². The van der Waals surface area contributed by atoms with E-state index in [4.69, 9.17) is 5.73 Å². The van der Waals surface area contributed by atoms with Crippen LogP contribution in [0.25, 0.3) is 10.9 Å². The number of aromatic nitrogens is 1. The number of nitrogens with zero attached hydrogens (tertiary/aromatic N) is 1. The fourth-order valence-electron chi connectivity index (χ4n) is 1.82. The van der Waals surface area contributed by atoms with Crippen LogP contribution in [0.4, 0.5) is 10.1 Å². The van der Waals surface area contributed by atoms with E-state index in [2.05, 4.69) is 26.2 Å². The summed E-state index contributed by atoms with van der Waals surface area (Å²) >= 11 is 3.13. The number of halogens is 2. The average molecular weight is 326 g/mol. The third-order valence-electron chi connectivity index (χ3n) is 2.61. The number of hydrogen-bond donors (Lipinski definition) is 2. The molecule has 3 N–H and O–H groups in total. The van der Waals surface area contributed by atoms with E-state index in [1.165, 1.54) is 12.3 Å². The Morgan fingerprint density at radius 1 is 1.47 bits per heavy atom. The van der Waals surface area contributed by atoms with Crippen LogP contribution in [0.5, 0.6) is 0 Å². The molecule has 6 heteroatoms. The number of carbonyl (C=O) groups is 1. The van der Waals surface area contributed by atoms with E-state index in [1.807, 2.05) is 13.8 Å². The number of nitrogens with one attached hydrogen (secondary N) is 1. The molecule has 1 aromatic heterocycles. The van der Waals surface area contributed by atoms with Gasteiger partial charge >= 0.3 is 0 Å². The maximum atomic E-state index is 13.5. The molecule has 0 unspecified atom stereocenters. The summed E-state index contributed by atoms with van der Waals surface area (Å²) in [6.45, 7) is 3.88. The maximum absolute atomic E-state index is 13.5. The van der Waals surface area contributed by atoms with Gasteiger partial charge in [0.2, 0.25) is 0 Å². The molecule has 2 aromatic rings. The van der Waals surface area contributed by atoms with Gasteiger partial charge in [0.25, 0.3) is 5.91 Å². The van der Waals surface area contributed by atoms with Crippen molar-refractivity contribution >= 4 is 38.4 Å². The summed E-state index contributed by atoms with van der Waals surface area (Å²) < 4.78 is 13.8. The number of fused-ring (bicyclic) bond motifs is 1. The molecule has 0 atom stereocenters. The standard InChI is InChI=1S/C13H13BrFN3O/c1-6(2)18-12-7-3-9(14)10(15)4-11(7)17-5-8(12)13(16)19/h3-6H,1-2H3,(H2,16,19)(H,17,18). The molecule has 0 saturated carbocycles. The Morgan fingerprint density at radius 2 is 2.16 bits per heavy atom. The number of benzene rings is 1. The van der Waals surface area contributed by atoms with Crippen molar-refractivity contribution in [2.24, 2.45) is 5.73 Å². The molecular weight excluding hydrogens is 313 g/mol. The van der Waals surface area contributed by atoms with Crippen molar-refractivity contribution in [3.05, 3.63) is 34.2 Å². The Bertz CT molecular complexity index is 658. The fourth-order valence-corrected chi connectivity index (χ4v) is 2.16. The Hall–Kier alpha value is -1.69. The lowest BCUT2D eigenvalue weighted by Crippen LogP contribution is -2.18. The number of carbonyl (C=O) groups excluding carboxylic acids is 1. The molecule has 1 amide bonds. The summed E-state index contributed by atoms with van der Waals surface area (Å²) in [6, 6.07) is 3.01. The minimum Gasteiger partial charge on any atom is -0.382 e. The largest absolute Gasteiger partial charge is 0.382 e. The van der Waals surface area contributed by atoms with E-state index >= 15 is 0 Å². The highest BCUT2D eigenvalue weighted by Gasteiger charge is 2.15. The quantitative estimate of drug-likeness (QED) is 0.911. The SMILES string of the molecule is CC(C)Nc1c(C(N)=O)cnc2cc(F)c(Br)cc12. The molecule has 0 aliphatic rings. The number of nitrogens with two attached hydrogens (primary N) is 1. The number of rotatable bonds is 3. The number of primary amides is 1. The van der Waals surface area contributed by atoms with Crippen molar-refractivity contribution in [1.29, 1.82) is 0 Å². The molecule has 0 radical (unpaired) electrons. The molecule has 4 nitrogen and oxygen atoms in total. The molecule has 0 spiro atoms. The van der Waals surface area contributed by atoms with Gasteiger partial charge in [-0.1, -0.05) is 0 Å². The summed E-state index contributed by atoms with van der Waals surface area (Å²) in [5, 5.41) is 3.81. The first kappa shape index (κ1) is 13.7. The number of amides is 1. The zero-order valence-electron chi connectivity index (χ0n) is 10.5. The molecule has 0 bridgehead atoms. The van der Waals surface area contributed by atoms with Crippen LogP contribution in [0, 0.1) is 5.82 Å². The van der Waals surface area contributed by atoms with Crippen LogP contribution in [0.15, 0.2) is 22.8 Å². The van der Waals surface area contributed by atoms with Gasteiger partial charge in [-0.3, -0.25) is 9.78 Å². The average Bonchev–Trinajstić information content (AvgIpc) is 2.30. The van der Waals surface area contributed by atoms with Crippen molar-refractivity contribution in [3.63, 3.8) is 0 Å². The second-order valence-corrected chi connectivity index (χ2v) is 5.35. The van der Waals surface area contributed by atoms with Gasteiger partial charge in [-0.2, -0.15) is 0 Å². The molecule has 2 rings (SSSR count). The van der Waals surface area contributed by atoms with Gasteiger partial charge in [-0.05, 0) is 35.8 Å². The third kappa shape index (κ3) is 2.68. The molecule has 100 valence electrons. The van der Waals surface area contributed by atoms with Gasteiger partial charge in [-0.25, -0.2) is 4.39 Å². The van der Waals surface area contributed by atoms with Crippen LogP contribution in [-0.4, -0.2) is 16.9 Å². The summed E-state index contributed by atoms with van der Waals surface area (Å²) in [5.41, 5.74) is 6.68. The second kappa shape index (κ2) is 5.13. The number of anilines is 1. The zero-order valence-corrected chi connectivity index (χ0v) is 12.1. The maximum Gasteiger partial charge on any atom is 0.252 e. The predicted molar refractivity (Wildman–Crippen MR) is 76.7 cm³/mol. The summed E-state index contributed by atoms with van der Waals surface area (Å²) in [6.07, 6.45) is 1.36. The van der Waals surface area contributed by atoms with Crippen LogP contribution >= 0.6 is 15.9 Å². The minimum atomic E-state index is -0.571. The topological polar surface area (TPSA) is 68.0 Å². The van der Waals surface area contributed by atoms with Crippen LogP contribution in [-0.2, 0) is 0 Å². The lowest BCUT2D eigenvalue weighted by Gasteiger charge is -2.16. The monoisotopic (exact) mass is 325 g/mol. The van der Waals surface area contributed by atoms with Gasteiger partial charge in [0.1, 0.15) is 5.82 Å². The Kier molecular flexibility index (Phi) is 3.71. The van der Waals surface area contributed by atoms with Gasteiger partial charge in [0, 0.05) is 23.7 Å². The lowest BCUT2D eigenvalue weighted by atomic mass is 10.1. The van der Waals surface area contributed by atoms with Crippen LogP contribution in [0.2, 0.25) is 0 Å². The van der Waals surface area contributed by atoms with Gasteiger partial charge in [0.15, 0.2) is 0 Å². The van der Waals surface area contributed by atoms with E-state index in [9.17, 15) is 9.18 Å². The molecule has 1 aromatic carbocycles. The van der Waals surface area contributed by atoms with Crippen molar-refractivity contribution in [2.45, 2.75) is 19.9 Å². The van der Waals surface area contributed by atoms with Gasteiger partial charge < -0.3 is 11.1 Å². The first-order valence-electron chi connectivity index (χ1n) is 5.74. The highest BCUT2D eigenvalue weighted by atomic mass is 79.9. The first-order chi connectivity index (χ1) is 8.90. The Labute approximate surface area is 118 Å². The van der Waals surface area contributed by atoms with Crippen molar-refractivity contribution in [1.82, 2.24) is 4.98 Å². The van der Waals surface area contributed by atoms with Crippen LogP contribution in [0.1, 0.15) is 24.2 Å². The highest BCUT2D eigenvalue weighted by Crippen LogP contribution is 2.30. The van der Waals surface area contributed by atoms with Gasteiger partial charge in [-0.15, -0.1) is 0 Å². The van der Waals surface area contributed by atoms with Crippen molar-refractivity contribution in [3.8, 4) is 0 Å². The predicted octanol–water partition coefficient (Wildman–Crippen LogP) is 3.06. The minimum absolute atomic E-state index is 0.104. The normalized spacial score (nSPS) is 11.0. The molecule has 0 fully saturated rings. The fraction of sp³-hybridized carbons (Fsp3) is 0.231. The summed E-state index contributed by atoms with van der Waals surface area (Å²) in [4.78, 5) is 15.5. The van der Waals surface area contributed by atoms with Crippen molar-refractivity contribution < 1.29 is 9.18 Å². The van der Waals surface area contributed by atoms with Crippen molar-refractivity contribution in [2.75, 3.05) is 5.32 Å². The number of hydrogen-bond acceptors (Lipinski definition) is 3. The molecule has 0 aliphatic heterocycles. The third-order valence-corrected chi connectivity index (χ3v) is 3.22. The molecule has 19 heavy (non-hydrogen) atoms. The van der Waals surface area contributed by atoms with E-state index in [-0.39, 0.29) is 6.04 Å². The smallest absolute Gasteiger partial charge is 0.252 e. The Morgan fingerprint density at radius 3 is 2.74 bits per heavy atom. The first-order valence-corrected chi connectivity index (χ1v) is 6.53. The van der Waals surface area contributed by atoms with E-state index in [0.717, 1.165) is 0 Å². The van der Waals surface area contributed by atoms with Gasteiger partial charge in [0.05, 0.1) is 21.2 Å². The zero-order chi connectivity index (χ0) is 14.2. The highest BCUT2D eigenvalue weighted by molar-refractivity contribution is 9.10. The summed E-state index contributed by atoms with van der Waals surface area (Å²) in [5.74, 6) is -0.972. The van der Waals surface area contributed by atoms with Crippen LogP contribution in [0.3, 0.4) is 0 Å². The summed E-state index contributed by atoms with van der Waals surface area (Å²) in [7, 11) is 0. The molecule has 1 heterocycles. The molecular formula is C13H13BrFN3O. The Balaban J connectivity index is 2.78. The molecule has 0 saturated heterocycles. The van der Waals surface area contributed by atoms with Crippen LogP contribution < -0.4 is 11.1 Å². The van der Waals surface area contributed by atoms with E-state index in [0.29, 0.717) is 26.6 Å². The lowest BCUT2D eigenvalue weighted by molar-refractivity contribution is 0.100. The number of pyridine rings is 1. The second-order valence-electron chi connectivity index (χ2n) is 4.49.